The van der Waals surface area contributed by atoms with E-state index in [0.29, 0.717) is 53.5 Å². The summed E-state index contributed by atoms with van der Waals surface area (Å²) in [4.78, 5) is 30.3. The molecule has 37 heavy (non-hydrogen) atoms. The van der Waals surface area contributed by atoms with Crippen LogP contribution in [-0.4, -0.2) is 58.3 Å². The molecule has 1 saturated carbocycles. The number of benzene rings is 2. The van der Waals surface area contributed by atoms with Crippen molar-refractivity contribution in [2.75, 3.05) is 18.5 Å². The molecule has 5 rings (SSSR count). The van der Waals surface area contributed by atoms with Crippen LogP contribution in [0.3, 0.4) is 0 Å². The molecule has 2 fully saturated rings. The van der Waals surface area contributed by atoms with E-state index in [1.54, 1.807) is 23.1 Å². The third-order valence-electron chi connectivity index (χ3n) is 7.16. The molecular weight excluding hydrogens is 501 g/mol. The molecule has 1 aliphatic heterocycles. The molecule has 0 bridgehead atoms. The van der Waals surface area contributed by atoms with Crippen molar-refractivity contribution in [1.82, 2.24) is 9.88 Å². The summed E-state index contributed by atoms with van der Waals surface area (Å²) in [6, 6.07) is 12.6. The number of carbonyl (C=O) groups excluding carboxylic acids is 1. The molecule has 0 radical (unpaired) electrons. The minimum atomic E-state index is -1.09. The molecule has 2 N–H and O–H groups in total. The third-order valence-corrected chi connectivity index (χ3v) is 7.48. The van der Waals surface area contributed by atoms with Gasteiger partial charge in [-0.1, -0.05) is 29.8 Å². The van der Waals surface area contributed by atoms with E-state index in [9.17, 15) is 14.0 Å². The molecule has 2 aromatic carbocycles. The number of nitrogens with zero attached hydrogens (tertiary/aromatic N) is 2. The van der Waals surface area contributed by atoms with Gasteiger partial charge >= 0.3 is 5.97 Å². The number of likely N-dealkylation sites (tertiary alicyclic amines) is 1. The number of oxazole rings is 1. The summed E-state index contributed by atoms with van der Waals surface area (Å²) in [5, 5.41) is 12.8. The van der Waals surface area contributed by atoms with Gasteiger partial charge in [0, 0.05) is 6.42 Å². The van der Waals surface area contributed by atoms with Crippen molar-refractivity contribution in [2.45, 2.75) is 56.8 Å². The quantitative estimate of drug-likeness (QED) is 0.404. The van der Waals surface area contributed by atoms with E-state index in [0.717, 1.165) is 5.56 Å². The summed E-state index contributed by atoms with van der Waals surface area (Å²) in [7, 11) is 0. The lowest BCUT2D eigenvalue weighted by atomic mass is 9.87. The molecule has 1 amide bonds. The highest BCUT2D eigenvalue weighted by molar-refractivity contribution is 6.33. The normalized spacial score (nSPS) is 23.9. The molecule has 2 heterocycles. The van der Waals surface area contributed by atoms with Crippen LogP contribution in [0.15, 0.2) is 46.9 Å². The Morgan fingerprint density at radius 2 is 1.97 bits per heavy atom. The van der Waals surface area contributed by atoms with Gasteiger partial charge in [-0.15, -0.1) is 0 Å². The fraction of sp³-hybridized carbons (Fsp3) is 0.444. The molecule has 0 unspecified atom stereocenters. The third kappa shape index (κ3) is 6.05. The number of anilines is 2. The number of amides is 1. The van der Waals surface area contributed by atoms with Crippen molar-refractivity contribution in [2.24, 2.45) is 5.92 Å². The van der Waals surface area contributed by atoms with Gasteiger partial charge in [-0.05, 0) is 55.5 Å². The number of nitrogens with one attached hydrogen (secondary N) is 1. The largest absolute Gasteiger partial charge is 0.481 e. The molecule has 8 nitrogen and oxygen atoms in total. The van der Waals surface area contributed by atoms with E-state index >= 15 is 0 Å². The summed E-state index contributed by atoms with van der Waals surface area (Å²) in [5.41, 5.74) is 2.58. The van der Waals surface area contributed by atoms with E-state index in [1.165, 1.54) is 0 Å². The number of alkyl halides is 1. The Labute approximate surface area is 218 Å². The fourth-order valence-corrected chi connectivity index (χ4v) is 5.32. The number of hydrogen-bond acceptors (Lipinski definition) is 6. The second-order valence-electron chi connectivity index (χ2n) is 9.78. The fourth-order valence-electron chi connectivity index (χ4n) is 5.13. The first-order valence-electron chi connectivity index (χ1n) is 12.5. The van der Waals surface area contributed by atoms with Gasteiger partial charge in [0.2, 0.25) is 5.91 Å². The SMILES string of the molecule is O=C(O)C1CCC(OC[C@@H]2C[C@H](F)CN2C(=O)Cc2ccc3nc(Nc4ccccc4Cl)oc3c2)CC1. The Morgan fingerprint density at radius 1 is 1.19 bits per heavy atom. The van der Waals surface area contributed by atoms with Crippen molar-refractivity contribution in [3.05, 3.63) is 53.1 Å². The maximum atomic E-state index is 14.3. The number of carboxylic acid groups (broad SMARTS) is 1. The zero-order chi connectivity index (χ0) is 25.9. The number of aliphatic carboxylic acids is 1. The van der Waals surface area contributed by atoms with Gasteiger partial charge in [0.1, 0.15) is 11.7 Å². The van der Waals surface area contributed by atoms with Crippen molar-refractivity contribution >= 4 is 46.3 Å². The highest BCUT2D eigenvalue weighted by Crippen LogP contribution is 2.30. The number of fused-ring (bicyclic) bond motifs is 1. The van der Waals surface area contributed by atoms with E-state index < -0.39 is 12.1 Å². The van der Waals surface area contributed by atoms with Gasteiger partial charge in [0.25, 0.3) is 6.01 Å². The van der Waals surface area contributed by atoms with Crippen LogP contribution in [0.2, 0.25) is 5.02 Å². The first-order valence-corrected chi connectivity index (χ1v) is 12.9. The number of carbonyl (C=O) groups is 2. The Kier molecular flexibility index (Phi) is 7.62. The second kappa shape index (κ2) is 11.1. The summed E-state index contributed by atoms with van der Waals surface area (Å²) < 4.78 is 26.1. The molecule has 10 heteroatoms. The van der Waals surface area contributed by atoms with Gasteiger partial charge in [0.15, 0.2) is 5.58 Å². The molecule has 2 atom stereocenters. The Bertz CT molecular complexity index is 1280. The summed E-state index contributed by atoms with van der Waals surface area (Å²) >= 11 is 6.19. The summed E-state index contributed by atoms with van der Waals surface area (Å²) in [6.07, 6.45) is 1.72. The number of hydrogen-bond donors (Lipinski definition) is 2. The van der Waals surface area contributed by atoms with Crippen LogP contribution in [0.1, 0.15) is 37.7 Å². The topological polar surface area (TPSA) is 105 Å². The molecule has 3 aromatic rings. The maximum Gasteiger partial charge on any atom is 0.306 e. The van der Waals surface area contributed by atoms with Crippen LogP contribution in [0.4, 0.5) is 16.1 Å². The number of ether oxygens (including phenoxy) is 1. The van der Waals surface area contributed by atoms with E-state index in [4.69, 9.17) is 25.9 Å². The first-order chi connectivity index (χ1) is 17.9. The smallest absolute Gasteiger partial charge is 0.306 e. The highest BCUT2D eigenvalue weighted by atomic mass is 35.5. The van der Waals surface area contributed by atoms with E-state index in [2.05, 4.69) is 10.3 Å². The number of para-hydroxylation sites is 1. The molecule has 2 aliphatic rings. The minimum Gasteiger partial charge on any atom is -0.481 e. The Balaban J connectivity index is 1.19. The monoisotopic (exact) mass is 529 g/mol. The Hall–Kier alpha value is -3.17. The van der Waals surface area contributed by atoms with Crippen LogP contribution in [-0.2, 0) is 20.7 Å². The predicted octanol–water partition coefficient (Wildman–Crippen LogP) is 5.37. The Morgan fingerprint density at radius 3 is 2.73 bits per heavy atom. The highest BCUT2D eigenvalue weighted by Gasteiger charge is 2.36. The van der Waals surface area contributed by atoms with Crippen molar-refractivity contribution in [3.63, 3.8) is 0 Å². The molecular formula is C27H29ClFN3O5. The van der Waals surface area contributed by atoms with Gasteiger partial charge in [0.05, 0.1) is 48.3 Å². The van der Waals surface area contributed by atoms with Crippen LogP contribution in [0.5, 0.6) is 0 Å². The summed E-state index contributed by atoms with van der Waals surface area (Å²) in [5.74, 6) is -1.25. The zero-order valence-corrected chi connectivity index (χ0v) is 21.0. The van der Waals surface area contributed by atoms with E-state index in [1.807, 2.05) is 24.3 Å². The number of rotatable bonds is 8. The van der Waals surface area contributed by atoms with E-state index in [-0.39, 0.29) is 50.0 Å². The number of aromatic nitrogens is 1. The van der Waals surface area contributed by atoms with Crippen molar-refractivity contribution in [1.29, 1.82) is 0 Å². The van der Waals surface area contributed by atoms with Gasteiger partial charge in [-0.2, -0.15) is 4.98 Å². The first kappa shape index (κ1) is 25.5. The minimum absolute atomic E-state index is 0.0476. The predicted molar refractivity (Wildman–Crippen MR) is 137 cm³/mol. The maximum absolute atomic E-state index is 14.3. The van der Waals surface area contributed by atoms with Crippen LogP contribution < -0.4 is 5.32 Å². The lowest BCUT2D eigenvalue weighted by Crippen LogP contribution is -2.40. The molecule has 1 saturated heterocycles. The lowest BCUT2D eigenvalue weighted by molar-refractivity contribution is -0.144. The van der Waals surface area contributed by atoms with Gasteiger partial charge in [-0.25, -0.2) is 4.39 Å². The standard InChI is InChI=1S/C27H29ClFN3O5/c28-21-3-1-2-4-22(21)30-27-31-23-10-5-16(11-24(23)37-27)12-25(33)32-14-18(29)13-19(32)15-36-20-8-6-17(7-9-20)26(34)35/h1-5,10-11,17-20H,6-9,12-15H2,(H,30,31)(H,34,35)/t17?,18-,19-,20?/m0/s1. The second-order valence-corrected chi connectivity index (χ2v) is 10.2. The zero-order valence-electron chi connectivity index (χ0n) is 20.2. The van der Waals surface area contributed by atoms with Gasteiger partial charge in [-0.3, -0.25) is 9.59 Å². The van der Waals surface area contributed by atoms with Crippen LogP contribution >= 0.6 is 11.6 Å². The molecule has 0 spiro atoms. The van der Waals surface area contributed by atoms with Crippen molar-refractivity contribution in [3.8, 4) is 0 Å². The van der Waals surface area contributed by atoms with Gasteiger partial charge < -0.3 is 24.5 Å². The van der Waals surface area contributed by atoms with Crippen LogP contribution in [0.25, 0.3) is 11.1 Å². The summed E-state index contributed by atoms with van der Waals surface area (Å²) in [6.45, 7) is 0.307. The molecule has 1 aromatic heterocycles. The average Bonchev–Trinajstić information content (AvgIpc) is 3.46. The number of halogens is 2. The molecule has 1 aliphatic carbocycles. The molecule has 196 valence electrons. The van der Waals surface area contributed by atoms with Crippen LogP contribution in [0, 0.1) is 5.92 Å². The lowest BCUT2D eigenvalue weighted by Gasteiger charge is -2.29. The van der Waals surface area contributed by atoms with Crippen molar-refractivity contribution < 1.29 is 28.2 Å². The number of carboxylic acids is 1. The average molecular weight is 530 g/mol.